The molecule has 0 fully saturated rings. The smallest absolute Gasteiger partial charge is 0.407 e. The summed E-state index contributed by atoms with van der Waals surface area (Å²) >= 11 is 3.25. The maximum Gasteiger partial charge on any atom is 0.407 e. The van der Waals surface area contributed by atoms with E-state index in [1.54, 1.807) is 26.8 Å². The third kappa shape index (κ3) is 6.75. The van der Waals surface area contributed by atoms with Crippen LogP contribution in [0.15, 0.2) is 22.7 Å². The number of rotatable bonds is 5. The van der Waals surface area contributed by atoms with Gasteiger partial charge in [0.15, 0.2) is 0 Å². The monoisotopic (exact) mass is 375 g/mol. The van der Waals surface area contributed by atoms with Crippen molar-refractivity contribution in [2.75, 3.05) is 13.2 Å². The highest BCUT2D eigenvalue weighted by molar-refractivity contribution is 9.10. The maximum atomic E-state index is 13.4. The standard InChI is InChI=1S/C16H23BrFNO3/c1-15(2,3)22-14(21)19-9-16(4,10-20)8-11-5-12(17)7-13(18)6-11/h5-7,20H,8-10H2,1-4H3,(H,19,21). The lowest BCUT2D eigenvalue weighted by Gasteiger charge is -2.28. The number of alkyl carbamates (subject to hydrolysis) is 1. The van der Waals surface area contributed by atoms with Gasteiger partial charge in [-0.05, 0) is 51.0 Å². The van der Waals surface area contributed by atoms with Gasteiger partial charge in [0.1, 0.15) is 11.4 Å². The Balaban J connectivity index is 2.69. The lowest BCUT2D eigenvalue weighted by Crippen LogP contribution is -2.41. The molecule has 1 rings (SSSR count). The van der Waals surface area contributed by atoms with Crippen molar-refractivity contribution < 1.29 is 19.0 Å². The Kier molecular flexibility index (Phi) is 6.38. The number of carbonyl (C=O) groups is 1. The third-order valence-corrected chi connectivity index (χ3v) is 3.45. The molecule has 1 aromatic carbocycles. The lowest BCUT2D eigenvalue weighted by molar-refractivity contribution is 0.0478. The minimum atomic E-state index is -0.607. The van der Waals surface area contributed by atoms with Gasteiger partial charge in [-0.1, -0.05) is 22.9 Å². The fourth-order valence-electron chi connectivity index (χ4n) is 1.98. The molecule has 0 aliphatic carbocycles. The van der Waals surface area contributed by atoms with E-state index in [0.29, 0.717) is 10.9 Å². The molecular weight excluding hydrogens is 353 g/mol. The number of nitrogens with one attached hydrogen (secondary N) is 1. The van der Waals surface area contributed by atoms with Crippen LogP contribution >= 0.6 is 15.9 Å². The van der Waals surface area contributed by atoms with Crippen LogP contribution in [0.2, 0.25) is 0 Å². The molecule has 0 radical (unpaired) electrons. The highest BCUT2D eigenvalue weighted by Crippen LogP contribution is 2.24. The predicted molar refractivity (Wildman–Crippen MR) is 87.2 cm³/mol. The SMILES string of the molecule is CC(CO)(CNC(=O)OC(C)(C)C)Cc1cc(F)cc(Br)c1. The predicted octanol–water partition coefficient (Wildman–Crippen LogP) is 3.65. The Hall–Kier alpha value is -1.14. The van der Waals surface area contributed by atoms with Gasteiger partial charge in [-0.3, -0.25) is 0 Å². The molecular formula is C16H23BrFNO3. The summed E-state index contributed by atoms with van der Waals surface area (Å²) < 4.78 is 19.2. The van der Waals surface area contributed by atoms with Crippen molar-refractivity contribution in [2.45, 2.75) is 39.7 Å². The zero-order valence-electron chi connectivity index (χ0n) is 13.4. The second-order valence-electron chi connectivity index (χ2n) is 6.78. The molecule has 0 heterocycles. The van der Waals surface area contributed by atoms with E-state index in [1.165, 1.54) is 12.1 Å². The van der Waals surface area contributed by atoms with Crippen molar-refractivity contribution in [3.8, 4) is 0 Å². The van der Waals surface area contributed by atoms with Gasteiger partial charge >= 0.3 is 6.09 Å². The summed E-state index contributed by atoms with van der Waals surface area (Å²) in [7, 11) is 0. The molecule has 4 nitrogen and oxygen atoms in total. The molecule has 1 aromatic rings. The number of amides is 1. The van der Waals surface area contributed by atoms with E-state index in [2.05, 4.69) is 21.2 Å². The molecule has 0 aliphatic heterocycles. The molecule has 0 aliphatic rings. The minimum Gasteiger partial charge on any atom is -0.444 e. The van der Waals surface area contributed by atoms with Crippen molar-refractivity contribution in [3.05, 3.63) is 34.1 Å². The minimum absolute atomic E-state index is 0.142. The normalized spacial score (nSPS) is 14.3. The van der Waals surface area contributed by atoms with Gasteiger partial charge in [0, 0.05) is 16.4 Å². The summed E-state index contributed by atoms with van der Waals surface area (Å²) in [5.41, 5.74) is -0.438. The molecule has 0 bridgehead atoms. The van der Waals surface area contributed by atoms with Gasteiger partial charge in [0.25, 0.3) is 0 Å². The van der Waals surface area contributed by atoms with Crippen molar-refractivity contribution in [1.82, 2.24) is 5.32 Å². The molecule has 124 valence electrons. The fourth-order valence-corrected chi connectivity index (χ4v) is 2.49. The summed E-state index contributed by atoms with van der Waals surface area (Å²) in [6, 6.07) is 4.59. The number of aliphatic hydroxyl groups is 1. The van der Waals surface area contributed by atoms with Crippen molar-refractivity contribution in [3.63, 3.8) is 0 Å². The lowest BCUT2D eigenvalue weighted by atomic mass is 9.84. The molecule has 2 N–H and O–H groups in total. The van der Waals surface area contributed by atoms with Crippen LogP contribution in [0.3, 0.4) is 0 Å². The molecule has 22 heavy (non-hydrogen) atoms. The molecule has 0 saturated carbocycles. The molecule has 0 saturated heterocycles. The molecule has 1 atom stereocenters. The van der Waals surface area contributed by atoms with E-state index in [-0.39, 0.29) is 19.0 Å². The molecule has 1 unspecified atom stereocenters. The van der Waals surface area contributed by atoms with Gasteiger partial charge in [0.05, 0.1) is 6.61 Å². The number of hydrogen-bond acceptors (Lipinski definition) is 3. The Bertz CT molecular complexity index is 510. The summed E-state index contributed by atoms with van der Waals surface area (Å²) in [5.74, 6) is -0.343. The van der Waals surface area contributed by atoms with E-state index in [0.717, 1.165) is 5.56 Å². The van der Waals surface area contributed by atoms with Gasteiger partial charge < -0.3 is 15.2 Å². The molecule has 0 aromatic heterocycles. The maximum absolute atomic E-state index is 13.4. The number of ether oxygens (including phenoxy) is 1. The first-order valence-electron chi connectivity index (χ1n) is 7.06. The van der Waals surface area contributed by atoms with Crippen LogP contribution in [0.25, 0.3) is 0 Å². The first-order chi connectivity index (χ1) is 10.0. The summed E-state index contributed by atoms with van der Waals surface area (Å²) in [5, 5.41) is 12.3. The first kappa shape index (κ1) is 18.9. The summed E-state index contributed by atoms with van der Waals surface area (Å²) in [6.45, 7) is 7.25. The van der Waals surface area contributed by atoms with Crippen molar-refractivity contribution >= 4 is 22.0 Å². The van der Waals surface area contributed by atoms with Crippen LogP contribution in [0.5, 0.6) is 0 Å². The van der Waals surface area contributed by atoms with E-state index in [4.69, 9.17) is 4.74 Å². The zero-order valence-corrected chi connectivity index (χ0v) is 15.0. The average molecular weight is 376 g/mol. The number of benzene rings is 1. The number of hydrogen-bond donors (Lipinski definition) is 2. The van der Waals surface area contributed by atoms with E-state index in [1.807, 2.05) is 6.92 Å². The summed E-state index contributed by atoms with van der Waals surface area (Å²) in [4.78, 5) is 11.7. The number of aliphatic hydroxyl groups excluding tert-OH is 1. The van der Waals surface area contributed by atoms with Gasteiger partial charge in [-0.25, -0.2) is 9.18 Å². The molecule has 6 heteroatoms. The van der Waals surface area contributed by atoms with E-state index < -0.39 is 17.1 Å². The Morgan fingerprint density at radius 1 is 1.32 bits per heavy atom. The van der Waals surface area contributed by atoms with Crippen LogP contribution in [0.1, 0.15) is 33.3 Å². The highest BCUT2D eigenvalue weighted by Gasteiger charge is 2.26. The van der Waals surface area contributed by atoms with Crippen molar-refractivity contribution in [1.29, 1.82) is 0 Å². The van der Waals surface area contributed by atoms with Crippen LogP contribution < -0.4 is 5.32 Å². The molecule has 0 spiro atoms. The van der Waals surface area contributed by atoms with E-state index in [9.17, 15) is 14.3 Å². The third-order valence-electron chi connectivity index (χ3n) is 2.99. The van der Waals surface area contributed by atoms with Gasteiger partial charge in [0.2, 0.25) is 0 Å². The number of carbonyl (C=O) groups excluding carboxylic acids is 1. The second-order valence-corrected chi connectivity index (χ2v) is 7.69. The van der Waals surface area contributed by atoms with Crippen molar-refractivity contribution in [2.24, 2.45) is 5.41 Å². The highest BCUT2D eigenvalue weighted by atomic mass is 79.9. The zero-order chi connectivity index (χ0) is 17.0. The number of halogens is 2. The fraction of sp³-hybridized carbons (Fsp3) is 0.562. The Morgan fingerprint density at radius 2 is 1.95 bits per heavy atom. The summed E-state index contributed by atoms with van der Waals surface area (Å²) in [6.07, 6.45) is -0.108. The van der Waals surface area contributed by atoms with Gasteiger partial charge in [-0.2, -0.15) is 0 Å². The molecule has 1 amide bonds. The quantitative estimate of drug-likeness (QED) is 0.825. The van der Waals surface area contributed by atoms with Crippen LogP contribution in [0.4, 0.5) is 9.18 Å². The van der Waals surface area contributed by atoms with Crippen LogP contribution in [-0.2, 0) is 11.2 Å². The van der Waals surface area contributed by atoms with Crippen LogP contribution in [0, 0.1) is 11.2 Å². The Labute approximate surface area is 139 Å². The topological polar surface area (TPSA) is 58.6 Å². The average Bonchev–Trinajstić information content (AvgIpc) is 2.33. The largest absolute Gasteiger partial charge is 0.444 e. The van der Waals surface area contributed by atoms with Gasteiger partial charge in [-0.15, -0.1) is 0 Å². The van der Waals surface area contributed by atoms with Crippen LogP contribution in [-0.4, -0.2) is 30.0 Å². The van der Waals surface area contributed by atoms with E-state index >= 15 is 0 Å². The second kappa shape index (κ2) is 7.42. The Morgan fingerprint density at radius 3 is 2.45 bits per heavy atom. The first-order valence-corrected chi connectivity index (χ1v) is 7.85.